The van der Waals surface area contributed by atoms with E-state index in [4.69, 9.17) is 5.73 Å². The molecule has 2 aromatic carbocycles. The molecule has 35 heavy (non-hydrogen) atoms. The maximum absolute atomic E-state index is 14.3. The Hall–Kier alpha value is -3.17. The van der Waals surface area contributed by atoms with Gasteiger partial charge >= 0.3 is 0 Å². The summed E-state index contributed by atoms with van der Waals surface area (Å²) in [7, 11) is 0. The van der Waals surface area contributed by atoms with E-state index in [0.29, 0.717) is 29.8 Å². The Bertz CT molecular complexity index is 1210. The molecule has 1 aliphatic rings. The number of likely N-dealkylation sites (tertiary alicyclic amines) is 1. The van der Waals surface area contributed by atoms with Gasteiger partial charge in [-0.1, -0.05) is 36.8 Å². The molecule has 0 aliphatic carbocycles. The lowest BCUT2D eigenvalue weighted by Gasteiger charge is -2.38. The summed E-state index contributed by atoms with van der Waals surface area (Å²) < 4.78 is 14.3. The zero-order valence-electron chi connectivity index (χ0n) is 20.3. The van der Waals surface area contributed by atoms with Crippen LogP contribution in [0.2, 0.25) is 0 Å². The second-order valence-corrected chi connectivity index (χ2v) is 10.0. The van der Waals surface area contributed by atoms with Crippen molar-refractivity contribution in [2.45, 2.75) is 40.2 Å². The lowest BCUT2D eigenvalue weighted by molar-refractivity contribution is -0.127. The van der Waals surface area contributed by atoms with Crippen LogP contribution in [0.4, 0.5) is 9.52 Å². The number of nitrogens with two attached hydrogens (primary N) is 1. The lowest BCUT2D eigenvalue weighted by atomic mass is 9.95. The van der Waals surface area contributed by atoms with E-state index in [1.165, 1.54) is 33.9 Å². The van der Waals surface area contributed by atoms with E-state index in [1.807, 2.05) is 6.92 Å². The molecule has 9 heteroatoms. The monoisotopic (exact) mass is 495 g/mol. The molecule has 1 aliphatic heterocycles. The molecule has 0 saturated carbocycles. The highest BCUT2D eigenvalue weighted by molar-refractivity contribution is 7.18. The number of benzene rings is 2. The van der Waals surface area contributed by atoms with E-state index in [9.17, 15) is 14.0 Å². The second-order valence-electron chi connectivity index (χ2n) is 9.06. The Labute approximate surface area is 208 Å². The van der Waals surface area contributed by atoms with Gasteiger partial charge in [0.1, 0.15) is 10.8 Å². The maximum atomic E-state index is 14.3. The summed E-state index contributed by atoms with van der Waals surface area (Å²) in [5.74, 6) is -1.25. The largest absolute Gasteiger partial charge is 0.369 e. The normalized spacial score (nSPS) is 14.1. The number of hydrogen-bond acceptors (Lipinski definition) is 6. The van der Waals surface area contributed by atoms with Gasteiger partial charge in [-0.2, -0.15) is 0 Å². The third kappa shape index (κ3) is 5.41. The fourth-order valence-corrected chi connectivity index (χ4v) is 5.15. The van der Waals surface area contributed by atoms with Crippen LogP contribution >= 0.6 is 11.3 Å². The minimum atomic E-state index is -0.546. The number of amides is 2. The van der Waals surface area contributed by atoms with Crippen LogP contribution in [0.1, 0.15) is 46.8 Å². The fourth-order valence-electron chi connectivity index (χ4n) is 4.29. The molecule has 3 aromatic rings. The zero-order valence-corrected chi connectivity index (χ0v) is 21.1. The van der Waals surface area contributed by atoms with Crippen molar-refractivity contribution >= 4 is 28.3 Å². The molecule has 7 nitrogen and oxygen atoms in total. The number of rotatable bonds is 9. The van der Waals surface area contributed by atoms with Crippen molar-refractivity contribution in [3.63, 3.8) is 0 Å². The van der Waals surface area contributed by atoms with Gasteiger partial charge in [0.15, 0.2) is 0 Å². The Kier molecular flexibility index (Phi) is 7.57. The molecule has 4 rings (SSSR count). The predicted octanol–water partition coefficient (Wildman–Crippen LogP) is 4.33. The van der Waals surface area contributed by atoms with E-state index in [0.717, 1.165) is 36.1 Å². The molecule has 0 bridgehead atoms. The second kappa shape index (κ2) is 10.6. The van der Waals surface area contributed by atoms with Gasteiger partial charge in [-0.3, -0.25) is 19.4 Å². The molecule has 2 heterocycles. The molecule has 0 spiro atoms. The minimum absolute atomic E-state index is 0.0287. The standard InChI is InChI=1S/C26H30FN5O2S/c1-4-5-10-32(25(34)20-8-6-7-9-22(20)27)26-30-29-24(35-26)18-11-16(2)21(17(3)12-18)15-31-13-19(14-31)23(28)33/h6-9,11-12,19H,4-5,10,13-15H2,1-3H3,(H2,28,33). The summed E-state index contributed by atoms with van der Waals surface area (Å²) in [4.78, 5) is 28.2. The molecule has 0 unspecified atom stereocenters. The van der Waals surface area contributed by atoms with Crippen LogP contribution in [0, 0.1) is 25.6 Å². The van der Waals surface area contributed by atoms with Gasteiger partial charge in [0.2, 0.25) is 11.0 Å². The SMILES string of the molecule is CCCCN(C(=O)c1ccccc1F)c1nnc(-c2cc(C)c(CN3CC(C(N)=O)C3)c(C)c2)s1. The van der Waals surface area contributed by atoms with Crippen LogP contribution in [0.15, 0.2) is 36.4 Å². The highest BCUT2D eigenvalue weighted by Gasteiger charge is 2.31. The molecule has 0 radical (unpaired) electrons. The average molecular weight is 496 g/mol. The first-order valence-electron chi connectivity index (χ1n) is 11.8. The topological polar surface area (TPSA) is 92.4 Å². The number of unbranched alkanes of at least 4 members (excludes halogenated alkanes) is 1. The van der Waals surface area contributed by atoms with Crippen LogP contribution in [-0.4, -0.2) is 46.5 Å². The lowest BCUT2D eigenvalue weighted by Crippen LogP contribution is -2.51. The predicted molar refractivity (Wildman–Crippen MR) is 136 cm³/mol. The first-order valence-corrected chi connectivity index (χ1v) is 12.6. The molecular formula is C26H30FN5O2S. The van der Waals surface area contributed by atoms with Gasteiger partial charge in [-0.25, -0.2) is 4.39 Å². The van der Waals surface area contributed by atoms with Gasteiger partial charge in [0.25, 0.3) is 5.91 Å². The van der Waals surface area contributed by atoms with Crippen LogP contribution < -0.4 is 10.6 Å². The van der Waals surface area contributed by atoms with Gasteiger partial charge in [0, 0.05) is 31.7 Å². The van der Waals surface area contributed by atoms with E-state index < -0.39 is 11.7 Å². The Balaban J connectivity index is 1.56. The van der Waals surface area contributed by atoms with Crippen molar-refractivity contribution in [3.8, 4) is 10.6 Å². The number of aryl methyl sites for hydroxylation is 2. The summed E-state index contributed by atoms with van der Waals surface area (Å²) in [6, 6.07) is 10.2. The number of hydrogen-bond donors (Lipinski definition) is 1. The van der Waals surface area contributed by atoms with Gasteiger partial charge < -0.3 is 5.73 Å². The third-order valence-electron chi connectivity index (χ3n) is 6.41. The number of anilines is 1. The molecule has 0 atom stereocenters. The van der Waals surface area contributed by atoms with E-state index >= 15 is 0 Å². The number of carbonyl (C=O) groups is 2. The van der Waals surface area contributed by atoms with Crippen molar-refractivity contribution in [3.05, 3.63) is 64.5 Å². The molecule has 1 saturated heterocycles. The summed E-state index contributed by atoms with van der Waals surface area (Å²) >= 11 is 1.33. The van der Waals surface area contributed by atoms with Crippen molar-refractivity contribution in [1.82, 2.24) is 15.1 Å². The molecular weight excluding hydrogens is 465 g/mol. The first kappa shape index (κ1) is 24.9. The number of carbonyl (C=O) groups excluding carboxylic acids is 2. The number of primary amides is 1. The summed E-state index contributed by atoms with van der Waals surface area (Å²) in [6.07, 6.45) is 1.67. The average Bonchev–Trinajstić information content (AvgIpc) is 3.27. The smallest absolute Gasteiger partial charge is 0.263 e. The number of nitrogens with zero attached hydrogens (tertiary/aromatic N) is 4. The minimum Gasteiger partial charge on any atom is -0.369 e. The van der Waals surface area contributed by atoms with Crippen molar-refractivity contribution in [1.29, 1.82) is 0 Å². The van der Waals surface area contributed by atoms with E-state index in [1.54, 1.807) is 12.1 Å². The van der Waals surface area contributed by atoms with Crippen LogP contribution in [0.5, 0.6) is 0 Å². The van der Waals surface area contributed by atoms with Crippen LogP contribution in [-0.2, 0) is 11.3 Å². The molecule has 2 N–H and O–H groups in total. The molecule has 184 valence electrons. The van der Waals surface area contributed by atoms with Crippen LogP contribution in [0.3, 0.4) is 0 Å². The van der Waals surface area contributed by atoms with Gasteiger partial charge in [-0.15, -0.1) is 10.2 Å². The van der Waals surface area contributed by atoms with Gasteiger partial charge in [-0.05, 0) is 61.2 Å². The molecule has 1 aromatic heterocycles. The highest BCUT2D eigenvalue weighted by atomic mass is 32.1. The van der Waals surface area contributed by atoms with E-state index in [2.05, 4.69) is 41.1 Å². The summed E-state index contributed by atoms with van der Waals surface area (Å²) in [6.45, 7) is 8.77. The quantitative estimate of drug-likeness (QED) is 0.477. The third-order valence-corrected chi connectivity index (χ3v) is 7.41. The zero-order chi connectivity index (χ0) is 25.1. The fraction of sp³-hybridized carbons (Fsp3) is 0.385. The van der Waals surface area contributed by atoms with Crippen molar-refractivity contribution in [2.75, 3.05) is 24.5 Å². The Morgan fingerprint density at radius 3 is 2.49 bits per heavy atom. The van der Waals surface area contributed by atoms with Gasteiger partial charge in [0.05, 0.1) is 11.5 Å². The highest BCUT2D eigenvalue weighted by Crippen LogP contribution is 2.33. The van der Waals surface area contributed by atoms with Crippen LogP contribution in [0.25, 0.3) is 10.6 Å². The Morgan fingerprint density at radius 1 is 1.17 bits per heavy atom. The Morgan fingerprint density at radius 2 is 1.86 bits per heavy atom. The van der Waals surface area contributed by atoms with E-state index in [-0.39, 0.29) is 17.4 Å². The maximum Gasteiger partial charge on any atom is 0.263 e. The van der Waals surface area contributed by atoms with Crippen molar-refractivity contribution < 1.29 is 14.0 Å². The first-order chi connectivity index (χ1) is 16.8. The number of aromatic nitrogens is 2. The summed E-state index contributed by atoms with van der Waals surface area (Å²) in [5, 5.41) is 9.83. The molecule has 2 amide bonds. The number of halogens is 1. The van der Waals surface area contributed by atoms with Crippen molar-refractivity contribution in [2.24, 2.45) is 11.7 Å². The summed E-state index contributed by atoms with van der Waals surface area (Å²) in [5.41, 5.74) is 9.83. The molecule has 1 fully saturated rings.